The molecule has 2 heterocycles. The van der Waals surface area contributed by atoms with Crippen molar-refractivity contribution in [3.8, 4) is 11.1 Å². The van der Waals surface area contributed by atoms with Crippen molar-refractivity contribution in [1.82, 2.24) is 9.97 Å². The van der Waals surface area contributed by atoms with Crippen molar-refractivity contribution >= 4 is 50.6 Å². The second kappa shape index (κ2) is 7.58. The number of rotatable bonds is 4. The zero-order chi connectivity index (χ0) is 19.7. The van der Waals surface area contributed by atoms with E-state index in [1.807, 2.05) is 36.4 Å². The van der Waals surface area contributed by atoms with E-state index in [0.29, 0.717) is 16.4 Å². The van der Waals surface area contributed by atoms with Gasteiger partial charge in [0, 0.05) is 21.2 Å². The van der Waals surface area contributed by atoms with Crippen LogP contribution in [0.4, 0.5) is 11.5 Å². The zero-order valence-electron chi connectivity index (χ0n) is 15.2. The number of thiophene rings is 1. The number of halogens is 1. The molecular weight excluding hydrogens is 394 g/mol. The van der Waals surface area contributed by atoms with E-state index in [0.717, 1.165) is 31.9 Å². The van der Waals surface area contributed by atoms with Crippen molar-refractivity contribution in [3.63, 3.8) is 0 Å². The normalized spacial score (nSPS) is 10.8. The summed E-state index contributed by atoms with van der Waals surface area (Å²) in [5.74, 6) is 0.347. The molecule has 0 saturated carbocycles. The number of nitrogens with one attached hydrogen (secondary N) is 1. The first kappa shape index (κ1) is 18.4. The van der Waals surface area contributed by atoms with Gasteiger partial charge >= 0.3 is 5.97 Å². The van der Waals surface area contributed by atoms with Crippen LogP contribution in [0.2, 0.25) is 5.02 Å². The first-order valence-corrected chi connectivity index (χ1v) is 9.71. The largest absolute Gasteiger partial charge is 0.465 e. The van der Waals surface area contributed by atoms with Gasteiger partial charge in [-0.05, 0) is 48.9 Å². The monoisotopic (exact) mass is 409 g/mol. The number of nitrogens with zero attached hydrogens (tertiary/aromatic N) is 2. The topological polar surface area (TPSA) is 64.1 Å². The number of hydrogen-bond acceptors (Lipinski definition) is 6. The number of fused-ring (bicyclic) bond motifs is 1. The fourth-order valence-corrected chi connectivity index (χ4v) is 4.19. The maximum absolute atomic E-state index is 11.6. The van der Waals surface area contributed by atoms with Gasteiger partial charge in [-0.25, -0.2) is 14.8 Å². The van der Waals surface area contributed by atoms with E-state index in [-0.39, 0.29) is 5.97 Å². The van der Waals surface area contributed by atoms with E-state index in [2.05, 4.69) is 22.2 Å². The second-order valence-corrected chi connectivity index (χ2v) is 7.78. The molecule has 0 bridgehead atoms. The molecule has 5 nitrogen and oxygen atoms in total. The Kier molecular flexibility index (Phi) is 4.98. The molecule has 4 aromatic rings. The lowest BCUT2D eigenvalue weighted by Crippen LogP contribution is -2.01. The Labute approximate surface area is 171 Å². The van der Waals surface area contributed by atoms with E-state index in [1.165, 1.54) is 7.11 Å². The summed E-state index contributed by atoms with van der Waals surface area (Å²) in [5, 5.41) is 5.00. The molecule has 1 N–H and O–H groups in total. The van der Waals surface area contributed by atoms with Crippen LogP contribution < -0.4 is 5.32 Å². The maximum Gasteiger partial charge on any atom is 0.337 e. The summed E-state index contributed by atoms with van der Waals surface area (Å²) in [7, 11) is 1.36. The van der Waals surface area contributed by atoms with Crippen LogP contribution in [-0.4, -0.2) is 23.0 Å². The molecule has 2 aromatic heterocycles. The predicted octanol–water partition coefficient (Wildman–Crippen LogP) is 5.85. The number of hydrogen-bond donors (Lipinski definition) is 1. The van der Waals surface area contributed by atoms with E-state index in [1.54, 1.807) is 29.8 Å². The van der Waals surface area contributed by atoms with Gasteiger partial charge in [0.15, 0.2) is 0 Å². The third-order valence-electron chi connectivity index (χ3n) is 4.37. The fraction of sp³-hybridized carbons (Fsp3) is 0.0952. The molecule has 0 amide bonds. The van der Waals surface area contributed by atoms with Crippen molar-refractivity contribution in [2.24, 2.45) is 0 Å². The first-order chi connectivity index (χ1) is 13.6. The third kappa shape index (κ3) is 3.44. The Morgan fingerprint density at radius 2 is 1.79 bits per heavy atom. The molecule has 0 aliphatic carbocycles. The molecule has 7 heteroatoms. The standard InChI is InChI=1S/C21H16ClN3O2S/c1-12-17(13-3-7-15(22)8-4-13)18-19(23-11-24-20(18)28-12)25-16-9-5-14(6-10-16)21(26)27-2/h3-11H,1-2H3,(H,23,24,25). The molecule has 0 aliphatic rings. The van der Waals surface area contributed by atoms with Crippen molar-refractivity contribution in [3.05, 3.63) is 70.3 Å². The number of benzene rings is 2. The van der Waals surface area contributed by atoms with Gasteiger partial charge in [-0.2, -0.15) is 0 Å². The molecule has 0 saturated heterocycles. The lowest BCUT2D eigenvalue weighted by Gasteiger charge is -2.09. The number of anilines is 2. The number of esters is 1. The number of carbonyl (C=O) groups excluding carboxylic acids is 1. The van der Waals surface area contributed by atoms with Crippen LogP contribution in [-0.2, 0) is 4.74 Å². The number of ether oxygens (including phenoxy) is 1. The second-order valence-electron chi connectivity index (χ2n) is 6.14. The summed E-state index contributed by atoms with van der Waals surface area (Å²) in [6.07, 6.45) is 1.55. The van der Waals surface area contributed by atoms with Crippen LogP contribution in [0.3, 0.4) is 0 Å². The first-order valence-electron chi connectivity index (χ1n) is 8.52. The molecule has 140 valence electrons. The van der Waals surface area contributed by atoms with Crippen LogP contribution in [0.25, 0.3) is 21.3 Å². The van der Waals surface area contributed by atoms with Crippen LogP contribution in [0.15, 0.2) is 54.9 Å². The lowest BCUT2D eigenvalue weighted by molar-refractivity contribution is 0.0601. The molecule has 0 unspecified atom stereocenters. The van der Waals surface area contributed by atoms with Crippen molar-refractivity contribution in [1.29, 1.82) is 0 Å². The minimum atomic E-state index is -0.366. The van der Waals surface area contributed by atoms with Gasteiger partial charge in [0.1, 0.15) is 17.0 Å². The Morgan fingerprint density at radius 1 is 1.07 bits per heavy atom. The molecule has 0 spiro atoms. The molecular formula is C21H16ClN3O2S. The minimum Gasteiger partial charge on any atom is -0.465 e. The number of methoxy groups -OCH3 is 1. The molecule has 0 fully saturated rings. The average molecular weight is 410 g/mol. The zero-order valence-corrected chi connectivity index (χ0v) is 16.8. The van der Waals surface area contributed by atoms with Crippen LogP contribution >= 0.6 is 22.9 Å². The summed E-state index contributed by atoms with van der Waals surface area (Å²) >= 11 is 7.67. The molecule has 0 radical (unpaired) electrons. The summed E-state index contributed by atoms with van der Waals surface area (Å²) in [4.78, 5) is 22.6. The Morgan fingerprint density at radius 3 is 2.46 bits per heavy atom. The van der Waals surface area contributed by atoms with E-state index in [9.17, 15) is 4.79 Å². The lowest BCUT2D eigenvalue weighted by atomic mass is 10.0. The van der Waals surface area contributed by atoms with E-state index in [4.69, 9.17) is 16.3 Å². The van der Waals surface area contributed by atoms with Gasteiger partial charge in [-0.1, -0.05) is 23.7 Å². The quantitative estimate of drug-likeness (QED) is 0.428. The van der Waals surface area contributed by atoms with Gasteiger partial charge in [0.2, 0.25) is 0 Å². The van der Waals surface area contributed by atoms with E-state index < -0.39 is 0 Å². The van der Waals surface area contributed by atoms with E-state index >= 15 is 0 Å². The van der Waals surface area contributed by atoms with Crippen LogP contribution in [0, 0.1) is 6.92 Å². The number of carbonyl (C=O) groups is 1. The summed E-state index contributed by atoms with van der Waals surface area (Å²) in [5.41, 5.74) is 3.46. The summed E-state index contributed by atoms with van der Waals surface area (Å²) < 4.78 is 4.74. The molecule has 2 aromatic carbocycles. The van der Waals surface area contributed by atoms with Crippen molar-refractivity contribution in [2.45, 2.75) is 6.92 Å². The van der Waals surface area contributed by atoms with Gasteiger partial charge in [-0.3, -0.25) is 0 Å². The Hall–Kier alpha value is -2.96. The highest BCUT2D eigenvalue weighted by Gasteiger charge is 2.17. The van der Waals surface area contributed by atoms with Gasteiger partial charge in [-0.15, -0.1) is 11.3 Å². The maximum atomic E-state index is 11.6. The Balaban J connectivity index is 1.77. The highest BCUT2D eigenvalue weighted by Crippen LogP contribution is 2.41. The number of aromatic nitrogens is 2. The van der Waals surface area contributed by atoms with Crippen LogP contribution in [0.5, 0.6) is 0 Å². The molecule has 4 rings (SSSR count). The molecule has 0 atom stereocenters. The van der Waals surface area contributed by atoms with Crippen LogP contribution in [0.1, 0.15) is 15.2 Å². The highest BCUT2D eigenvalue weighted by atomic mass is 35.5. The predicted molar refractivity (Wildman–Crippen MR) is 114 cm³/mol. The van der Waals surface area contributed by atoms with Gasteiger partial charge < -0.3 is 10.1 Å². The van der Waals surface area contributed by atoms with Gasteiger partial charge in [0.05, 0.1) is 18.1 Å². The highest BCUT2D eigenvalue weighted by molar-refractivity contribution is 7.19. The minimum absolute atomic E-state index is 0.366. The van der Waals surface area contributed by atoms with Crippen molar-refractivity contribution in [2.75, 3.05) is 12.4 Å². The van der Waals surface area contributed by atoms with Gasteiger partial charge in [0.25, 0.3) is 0 Å². The average Bonchev–Trinajstić information content (AvgIpc) is 3.05. The summed E-state index contributed by atoms with van der Waals surface area (Å²) in [6, 6.07) is 14.8. The molecule has 0 aliphatic heterocycles. The summed E-state index contributed by atoms with van der Waals surface area (Å²) in [6.45, 7) is 2.07. The number of aryl methyl sites for hydroxylation is 1. The Bertz CT molecular complexity index is 1150. The molecule has 28 heavy (non-hydrogen) atoms. The third-order valence-corrected chi connectivity index (χ3v) is 5.63. The fourth-order valence-electron chi connectivity index (χ4n) is 3.05. The smallest absolute Gasteiger partial charge is 0.337 e. The van der Waals surface area contributed by atoms with Crippen molar-refractivity contribution < 1.29 is 9.53 Å². The SMILES string of the molecule is COC(=O)c1ccc(Nc2ncnc3sc(C)c(-c4ccc(Cl)cc4)c23)cc1.